The first kappa shape index (κ1) is 12.7. The van der Waals surface area contributed by atoms with Gasteiger partial charge in [0.15, 0.2) is 0 Å². The molecule has 1 aromatic heterocycles. The highest BCUT2D eigenvalue weighted by molar-refractivity contribution is 5.91. The number of carbonyl (C=O) groups is 1. The number of nitro groups is 1. The number of rotatable bonds is 4. The summed E-state index contributed by atoms with van der Waals surface area (Å²) in [5, 5.41) is 13.4. The molecule has 1 heterocycles. The Morgan fingerprint density at radius 2 is 2.32 bits per heavy atom. The van der Waals surface area contributed by atoms with E-state index in [9.17, 15) is 14.9 Å². The molecule has 7 nitrogen and oxygen atoms in total. The van der Waals surface area contributed by atoms with E-state index in [2.05, 4.69) is 10.3 Å². The number of benzene rings is 1. The highest BCUT2D eigenvalue weighted by atomic mass is 16.6. The van der Waals surface area contributed by atoms with Crippen LogP contribution < -0.4 is 5.32 Å². The number of hydrogen-bond acceptors (Lipinski definition) is 4. The van der Waals surface area contributed by atoms with Gasteiger partial charge in [0.05, 0.1) is 11.3 Å². The van der Waals surface area contributed by atoms with E-state index in [4.69, 9.17) is 0 Å². The summed E-state index contributed by atoms with van der Waals surface area (Å²) in [6.45, 7) is 1.80. The van der Waals surface area contributed by atoms with Crippen molar-refractivity contribution < 1.29 is 9.72 Å². The van der Waals surface area contributed by atoms with Crippen LogP contribution in [0, 0.1) is 10.1 Å². The van der Waals surface area contributed by atoms with Crippen molar-refractivity contribution in [1.29, 1.82) is 0 Å². The van der Waals surface area contributed by atoms with Gasteiger partial charge in [-0.2, -0.15) is 0 Å². The fraction of sp³-hybridized carbons (Fsp3) is 0.167. The zero-order valence-electron chi connectivity index (χ0n) is 10.2. The molecule has 1 amide bonds. The average molecular weight is 260 g/mol. The Morgan fingerprint density at radius 3 is 2.89 bits per heavy atom. The van der Waals surface area contributed by atoms with Crippen LogP contribution in [-0.2, 0) is 11.3 Å². The number of imidazole rings is 1. The molecular formula is C12H12N4O3. The number of amides is 1. The summed E-state index contributed by atoms with van der Waals surface area (Å²) in [7, 11) is 0. The molecule has 0 saturated carbocycles. The summed E-state index contributed by atoms with van der Waals surface area (Å²) in [4.78, 5) is 25.4. The van der Waals surface area contributed by atoms with Gasteiger partial charge in [-0.15, -0.1) is 0 Å². The Bertz CT molecular complexity index is 607. The van der Waals surface area contributed by atoms with Crippen molar-refractivity contribution in [2.45, 2.75) is 13.5 Å². The monoisotopic (exact) mass is 260 g/mol. The lowest BCUT2D eigenvalue weighted by molar-refractivity contribution is -0.384. The van der Waals surface area contributed by atoms with Crippen LogP contribution in [0.1, 0.15) is 12.5 Å². The van der Waals surface area contributed by atoms with E-state index >= 15 is 0 Å². The third-order valence-corrected chi connectivity index (χ3v) is 2.49. The first-order valence-electron chi connectivity index (χ1n) is 5.57. The number of aromatic nitrogens is 2. The molecule has 19 heavy (non-hydrogen) atoms. The summed E-state index contributed by atoms with van der Waals surface area (Å²) in [6.07, 6.45) is 5.04. The van der Waals surface area contributed by atoms with Crippen LogP contribution in [0.3, 0.4) is 0 Å². The van der Waals surface area contributed by atoms with Crippen LogP contribution in [0.2, 0.25) is 0 Å². The average Bonchev–Trinajstić information content (AvgIpc) is 2.83. The highest BCUT2D eigenvalue weighted by Gasteiger charge is 2.15. The van der Waals surface area contributed by atoms with Crippen LogP contribution in [0.4, 0.5) is 11.4 Å². The minimum atomic E-state index is -0.511. The van der Waals surface area contributed by atoms with E-state index in [0.29, 0.717) is 6.54 Å². The van der Waals surface area contributed by atoms with E-state index in [1.807, 2.05) is 0 Å². The lowest BCUT2D eigenvalue weighted by atomic mass is 10.1. The van der Waals surface area contributed by atoms with Crippen molar-refractivity contribution in [3.05, 3.63) is 52.6 Å². The topological polar surface area (TPSA) is 90.1 Å². The second-order valence-corrected chi connectivity index (χ2v) is 4.02. The molecular weight excluding hydrogens is 248 g/mol. The Morgan fingerprint density at radius 1 is 1.53 bits per heavy atom. The van der Waals surface area contributed by atoms with Crippen LogP contribution in [-0.4, -0.2) is 20.4 Å². The van der Waals surface area contributed by atoms with Crippen LogP contribution >= 0.6 is 0 Å². The molecule has 7 heteroatoms. The maximum absolute atomic E-state index is 11.0. The molecule has 0 aliphatic carbocycles. The van der Waals surface area contributed by atoms with Gasteiger partial charge in [0, 0.05) is 31.9 Å². The predicted molar refractivity (Wildman–Crippen MR) is 68.7 cm³/mol. The minimum Gasteiger partial charge on any atom is -0.333 e. The molecule has 0 bridgehead atoms. The Balaban J connectivity index is 2.30. The van der Waals surface area contributed by atoms with E-state index in [0.717, 1.165) is 5.56 Å². The van der Waals surface area contributed by atoms with Crippen molar-refractivity contribution in [3.63, 3.8) is 0 Å². The number of carbonyl (C=O) groups excluding carboxylic acids is 1. The lowest BCUT2D eigenvalue weighted by Gasteiger charge is -2.07. The van der Waals surface area contributed by atoms with Crippen molar-refractivity contribution in [2.24, 2.45) is 0 Å². The Labute approximate surface area is 109 Å². The zero-order chi connectivity index (χ0) is 13.8. The molecule has 0 fully saturated rings. The Kier molecular flexibility index (Phi) is 3.56. The van der Waals surface area contributed by atoms with Gasteiger partial charge in [-0.1, -0.05) is 6.07 Å². The van der Waals surface area contributed by atoms with Gasteiger partial charge in [0.1, 0.15) is 5.69 Å². The summed E-state index contributed by atoms with van der Waals surface area (Å²) in [5.41, 5.74) is 0.846. The van der Waals surface area contributed by atoms with Gasteiger partial charge in [0.2, 0.25) is 5.91 Å². The van der Waals surface area contributed by atoms with E-state index in [-0.39, 0.29) is 17.3 Å². The largest absolute Gasteiger partial charge is 0.333 e. The number of hydrogen-bond donors (Lipinski definition) is 1. The highest BCUT2D eigenvalue weighted by Crippen LogP contribution is 2.25. The van der Waals surface area contributed by atoms with Crippen molar-refractivity contribution in [3.8, 4) is 0 Å². The molecule has 0 aliphatic rings. The van der Waals surface area contributed by atoms with Gasteiger partial charge in [-0.25, -0.2) is 4.98 Å². The van der Waals surface area contributed by atoms with Crippen molar-refractivity contribution in [2.75, 3.05) is 5.32 Å². The maximum atomic E-state index is 11.0. The summed E-state index contributed by atoms with van der Waals surface area (Å²) in [6, 6.07) is 4.72. The third kappa shape index (κ3) is 3.15. The van der Waals surface area contributed by atoms with Gasteiger partial charge in [-0.3, -0.25) is 14.9 Å². The second kappa shape index (κ2) is 5.30. The lowest BCUT2D eigenvalue weighted by Crippen LogP contribution is -2.08. The predicted octanol–water partition coefficient (Wildman–Crippen LogP) is 1.80. The number of nitrogens with zero attached hydrogens (tertiary/aromatic N) is 3. The van der Waals surface area contributed by atoms with Gasteiger partial charge < -0.3 is 9.88 Å². The van der Waals surface area contributed by atoms with Gasteiger partial charge in [-0.05, 0) is 11.6 Å². The normalized spacial score (nSPS) is 10.2. The maximum Gasteiger partial charge on any atom is 0.293 e. The molecule has 2 aromatic rings. The van der Waals surface area contributed by atoms with Crippen LogP contribution in [0.15, 0.2) is 36.9 Å². The summed E-state index contributed by atoms with van der Waals surface area (Å²) < 4.78 is 1.80. The molecule has 2 rings (SSSR count). The van der Waals surface area contributed by atoms with E-state index in [1.165, 1.54) is 19.1 Å². The molecule has 0 spiro atoms. The Hall–Kier alpha value is -2.70. The first-order valence-corrected chi connectivity index (χ1v) is 5.57. The summed E-state index contributed by atoms with van der Waals surface area (Å²) in [5.74, 6) is -0.342. The molecule has 0 unspecified atom stereocenters. The van der Waals surface area contributed by atoms with Crippen LogP contribution in [0.25, 0.3) is 0 Å². The third-order valence-electron chi connectivity index (χ3n) is 2.49. The SMILES string of the molecule is CC(=O)Nc1ccc(Cn2ccnc2)cc1[N+](=O)[O-]. The molecule has 1 N–H and O–H groups in total. The summed E-state index contributed by atoms with van der Waals surface area (Å²) >= 11 is 0. The molecule has 1 aromatic carbocycles. The van der Waals surface area contributed by atoms with Crippen molar-refractivity contribution in [1.82, 2.24) is 9.55 Å². The molecule has 0 aliphatic heterocycles. The zero-order valence-corrected chi connectivity index (χ0v) is 10.2. The molecule has 98 valence electrons. The molecule has 0 atom stereocenters. The quantitative estimate of drug-likeness (QED) is 0.670. The number of nitro benzene ring substituents is 1. The van der Waals surface area contributed by atoms with Crippen LogP contribution in [0.5, 0.6) is 0 Å². The van der Waals surface area contributed by atoms with Gasteiger partial charge in [0.25, 0.3) is 5.69 Å². The van der Waals surface area contributed by atoms with E-state index in [1.54, 1.807) is 29.4 Å². The second-order valence-electron chi connectivity index (χ2n) is 4.02. The minimum absolute atomic E-state index is 0.118. The fourth-order valence-corrected chi connectivity index (χ4v) is 1.71. The van der Waals surface area contributed by atoms with Crippen molar-refractivity contribution >= 4 is 17.3 Å². The van der Waals surface area contributed by atoms with E-state index < -0.39 is 4.92 Å². The molecule has 0 saturated heterocycles. The first-order chi connectivity index (χ1) is 9.06. The smallest absolute Gasteiger partial charge is 0.293 e. The standard InChI is InChI=1S/C12H12N4O3/c1-9(17)14-11-3-2-10(6-12(11)16(18)19)7-15-5-4-13-8-15/h2-6,8H,7H2,1H3,(H,14,17). The number of anilines is 1. The van der Waals surface area contributed by atoms with Gasteiger partial charge >= 0.3 is 0 Å². The number of nitrogens with one attached hydrogen (secondary N) is 1. The fourth-order valence-electron chi connectivity index (χ4n) is 1.71. The molecule has 0 radical (unpaired) electrons.